The predicted molar refractivity (Wildman–Crippen MR) is 130 cm³/mol. The number of rotatable bonds is 4. The van der Waals surface area contributed by atoms with Crippen LogP contribution in [0.5, 0.6) is 0 Å². The molecule has 0 unspecified atom stereocenters. The molecule has 1 fully saturated rings. The summed E-state index contributed by atoms with van der Waals surface area (Å²) in [7, 11) is 0. The summed E-state index contributed by atoms with van der Waals surface area (Å²) in [4.78, 5) is 25.3. The molecule has 2 aromatic carbocycles. The highest BCUT2D eigenvalue weighted by atomic mass is 19.1. The summed E-state index contributed by atoms with van der Waals surface area (Å²) in [5.41, 5.74) is 7.57. The zero-order valence-electron chi connectivity index (χ0n) is 19.8. The number of amides is 1. The molecule has 5 rings (SSSR count). The van der Waals surface area contributed by atoms with Crippen LogP contribution in [-0.4, -0.2) is 33.6 Å². The number of anilines is 1. The maximum absolute atomic E-state index is 15.4. The number of fused-ring (bicyclic) bond motifs is 3. The highest BCUT2D eigenvalue weighted by Crippen LogP contribution is 2.44. The topological polar surface area (TPSA) is 97.4 Å². The Morgan fingerprint density at radius 2 is 1.83 bits per heavy atom. The van der Waals surface area contributed by atoms with E-state index in [0.29, 0.717) is 66.2 Å². The van der Waals surface area contributed by atoms with Gasteiger partial charge in [-0.1, -0.05) is 13.8 Å². The Bertz CT molecular complexity index is 1350. The highest BCUT2D eigenvalue weighted by Gasteiger charge is 2.35. The van der Waals surface area contributed by atoms with E-state index in [9.17, 15) is 19.1 Å². The van der Waals surface area contributed by atoms with E-state index in [1.54, 1.807) is 16.7 Å². The Labute approximate surface area is 202 Å². The van der Waals surface area contributed by atoms with Crippen molar-refractivity contribution in [3.05, 3.63) is 53.2 Å². The maximum Gasteiger partial charge on any atom is 0.253 e. The van der Waals surface area contributed by atoms with Crippen LogP contribution < -0.4 is 11.1 Å². The van der Waals surface area contributed by atoms with E-state index in [4.69, 9.17) is 5.73 Å². The van der Waals surface area contributed by atoms with Crippen molar-refractivity contribution in [1.29, 1.82) is 0 Å². The Morgan fingerprint density at radius 1 is 1.11 bits per heavy atom. The molecule has 6 nitrogen and oxygen atoms in total. The van der Waals surface area contributed by atoms with Gasteiger partial charge >= 0.3 is 0 Å². The molecule has 0 saturated heterocycles. The lowest BCUT2D eigenvalue weighted by molar-refractivity contribution is 0.0816. The molecule has 1 saturated carbocycles. The number of carbonyl (C=O) groups is 2. The second-order valence-corrected chi connectivity index (χ2v) is 10.6. The first-order valence-corrected chi connectivity index (χ1v) is 12.0. The van der Waals surface area contributed by atoms with Crippen molar-refractivity contribution in [3.63, 3.8) is 0 Å². The minimum Gasteiger partial charge on any atom is -0.393 e. The molecule has 1 aliphatic heterocycles. The van der Waals surface area contributed by atoms with Crippen LogP contribution in [0.25, 0.3) is 22.0 Å². The number of aliphatic hydroxyl groups is 1. The third kappa shape index (κ3) is 4.20. The summed E-state index contributed by atoms with van der Waals surface area (Å²) < 4.78 is 31.1. The first-order valence-electron chi connectivity index (χ1n) is 12.0. The van der Waals surface area contributed by atoms with Crippen molar-refractivity contribution >= 4 is 28.4 Å². The van der Waals surface area contributed by atoms with E-state index in [1.807, 2.05) is 13.8 Å². The normalized spacial score (nSPS) is 21.7. The van der Waals surface area contributed by atoms with Crippen molar-refractivity contribution in [1.82, 2.24) is 4.57 Å². The average Bonchev–Trinajstić information content (AvgIpc) is 3.06. The number of carbonyl (C=O) groups excluding carboxylic acids is 2. The van der Waals surface area contributed by atoms with Crippen LogP contribution in [0, 0.1) is 17.0 Å². The fraction of sp³-hybridized carbons (Fsp3) is 0.407. The summed E-state index contributed by atoms with van der Waals surface area (Å²) in [6.45, 7) is 4.00. The fourth-order valence-corrected chi connectivity index (χ4v) is 5.65. The van der Waals surface area contributed by atoms with Gasteiger partial charge in [0.15, 0.2) is 0 Å². The number of halogens is 2. The van der Waals surface area contributed by atoms with Crippen LogP contribution in [0.15, 0.2) is 30.3 Å². The fourth-order valence-electron chi connectivity index (χ4n) is 5.65. The molecule has 184 valence electrons. The van der Waals surface area contributed by atoms with E-state index in [-0.39, 0.29) is 34.7 Å². The summed E-state index contributed by atoms with van der Waals surface area (Å²) in [5, 5.41) is 13.7. The molecule has 35 heavy (non-hydrogen) atoms. The van der Waals surface area contributed by atoms with Crippen LogP contribution >= 0.6 is 0 Å². The van der Waals surface area contributed by atoms with Gasteiger partial charge in [0.25, 0.3) is 5.91 Å². The molecule has 2 heterocycles. The first-order chi connectivity index (χ1) is 16.5. The molecule has 0 bridgehead atoms. The number of aromatic nitrogens is 1. The Hall–Kier alpha value is -3.26. The van der Waals surface area contributed by atoms with E-state index in [2.05, 4.69) is 5.32 Å². The summed E-state index contributed by atoms with van der Waals surface area (Å²) in [6.07, 6.45) is 3.10. The van der Waals surface area contributed by atoms with Gasteiger partial charge in [-0.3, -0.25) is 14.2 Å². The Morgan fingerprint density at radius 3 is 2.51 bits per heavy atom. The third-order valence-corrected chi connectivity index (χ3v) is 7.24. The largest absolute Gasteiger partial charge is 0.393 e. The van der Waals surface area contributed by atoms with E-state index in [1.165, 1.54) is 18.2 Å². The molecule has 1 aliphatic carbocycles. The molecule has 2 aliphatic rings. The first kappa shape index (κ1) is 23.5. The summed E-state index contributed by atoms with van der Waals surface area (Å²) in [5.74, 6) is -2.23. The van der Waals surface area contributed by atoms with Crippen LogP contribution in [0.2, 0.25) is 0 Å². The molecule has 8 heteroatoms. The van der Waals surface area contributed by atoms with Crippen LogP contribution in [0.1, 0.15) is 66.8 Å². The van der Waals surface area contributed by atoms with E-state index < -0.39 is 17.5 Å². The number of aliphatic hydroxyl groups excluding tert-OH is 1. The van der Waals surface area contributed by atoms with Crippen molar-refractivity contribution in [2.75, 3.05) is 5.32 Å². The number of nitrogens with zero attached hydrogens (tertiary/aromatic N) is 1. The SMILES string of the molecule is CC1(C)CC(=O)n2c(c(-c3cc(F)c(C(N)=O)c(NC4CCC(O)CC4)c3)c3ccc(F)cc32)C1. The Kier molecular flexibility index (Phi) is 5.67. The lowest BCUT2D eigenvalue weighted by Gasteiger charge is -2.31. The second kappa shape index (κ2) is 8.45. The lowest BCUT2D eigenvalue weighted by Crippen LogP contribution is -2.31. The van der Waals surface area contributed by atoms with Gasteiger partial charge in [0.1, 0.15) is 11.6 Å². The molecule has 1 aromatic heterocycles. The minimum atomic E-state index is -0.880. The number of hydrogen-bond acceptors (Lipinski definition) is 4. The minimum absolute atomic E-state index is 0.0412. The summed E-state index contributed by atoms with van der Waals surface area (Å²) in [6, 6.07) is 7.19. The van der Waals surface area contributed by atoms with Gasteiger partial charge in [0.2, 0.25) is 5.91 Å². The molecule has 3 aromatic rings. The molecular weight excluding hydrogens is 452 g/mol. The van der Waals surface area contributed by atoms with Gasteiger partial charge in [0.05, 0.1) is 22.9 Å². The molecule has 0 spiro atoms. The van der Waals surface area contributed by atoms with Crippen LogP contribution in [-0.2, 0) is 6.42 Å². The van der Waals surface area contributed by atoms with Gasteiger partial charge in [0, 0.05) is 29.1 Å². The van der Waals surface area contributed by atoms with E-state index >= 15 is 4.39 Å². The molecular formula is C27H29F2N3O3. The number of nitrogens with two attached hydrogens (primary N) is 1. The average molecular weight is 482 g/mol. The van der Waals surface area contributed by atoms with Crippen molar-refractivity contribution in [2.45, 2.75) is 64.5 Å². The predicted octanol–water partition coefficient (Wildman–Crippen LogP) is 5.01. The number of benzene rings is 2. The van der Waals surface area contributed by atoms with Crippen molar-refractivity contribution in [2.24, 2.45) is 11.1 Å². The monoisotopic (exact) mass is 481 g/mol. The van der Waals surface area contributed by atoms with Crippen LogP contribution in [0.4, 0.5) is 14.5 Å². The highest BCUT2D eigenvalue weighted by molar-refractivity contribution is 6.06. The van der Waals surface area contributed by atoms with Gasteiger partial charge < -0.3 is 16.2 Å². The van der Waals surface area contributed by atoms with Gasteiger partial charge in [-0.15, -0.1) is 0 Å². The molecule has 0 atom stereocenters. The van der Waals surface area contributed by atoms with Gasteiger partial charge in [-0.25, -0.2) is 8.78 Å². The number of primary amides is 1. The zero-order valence-corrected chi connectivity index (χ0v) is 19.8. The molecule has 1 amide bonds. The van der Waals surface area contributed by atoms with Crippen LogP contribution in [0.3, 0.4) is 0 Å². The molecule has 4 N–H and O–H groups in total. The smallest absolute Gasteiger partial charge is 0.253 e. The number of nitrogens with one attached hydrogen (secondary N) is 1. The third-order valence-electron chi connectivity index (χ3n) is 7.24. The second-order valence-electron chi connectivity index (χ2n) is 10.6. The van der Waals surface area contributed by atoms with Gasteiger partial charge in [-0.2, -0.15) is 0 Å². The number of hydrogen-bond donors (Lipinski definition) is 3. The summed E-state index contributed by atoms with van der Waals surface area (Å²) >= 11 is 0. The zero-order chi connectivity index (χ0) is 25.1. The van der Waals surface area contributed by atoms with Gasteiger partial charge in [-0.05, 0) is 73.4 Å². The Balaban J connectivity index is 1.71. The molecule has 0 radical (unpaired) electrons. The lowest BCUT2D eigenvalue weighted by atomic mass is 9.80. The van der Waals surface area contributed by atoms with Crippen molar-refractivity contribution < 1.29 is 23.5 Å². The maximum atomic E-state index is 15.4. The standard InChI is InChI=1S/C27H29F2N3O3/c1-27(2)12-22-24(18-8-3-15(28)11-21(18)32(22)23(34)13-27)14-9-19(29)25(26(30)35)20(10-14)31-16-4-6-17(33)7-5-16/h3,8-11,16-17,31,33H,4-7,12-13H2,1-2H3,(H2,30,35). The van der Waals surface area contributed by atoms with Crippen molar-refractivity contribution in [3.8, 4) is 11.1 Å². The van der Waals surface area contributed by atoms with E-state index in [0.717, 1.165) is 0 Å². The quantitative estimate of drug-likeness (QED) is 0.488.